The monoisotopic (exact) mass is 226 g/mol. The molecule has 82 valence electrons. The lowest BCUT2D eigenvalue weighted by Gasteiger charge is -2.04. The summed E-state index contributed by atoms with van der Waals surface area (Å²) in [5, 5.41) is 4.85. The molecule has 0 atom stereocenters. The van der Waals surface area contributed by atoms with Crippen LogP contribution in [0.25, 0.3) is 0 Å². The molecule has 0 spiro atoms. The molecule has 0 saturated heterocycles. The summed E-state index contributed by atoms with van der Waals surface area (Å²) in [7, 11) is -3.59. The predicted octanol–water partition coefficient (Wildman–Crippen LogP) is 0.857. The summed E-state index contributed by atoms with van der Waals surface area (Å²) in [5.41, 5.74) is 2.25. The summed E-state index contributed by atoms with van der Waals surface area (Å²) >= 11 is 0. The van der Waals surface area contributed by atoms with Gasteiger partial charge in [-0.2, -0.15) is 13.1 Å². The van der Waals surface area contributed by atoms with E-state index in [4.69, 9.17) is 5.14 Å². The van der Waals surface area contributed by atoms with Crippen LogP contribution < -0.4 is 9.86 Å². The fourth-order valence-electron chi connectivity index (χ4n) is 1.56. The molecule has 3 N–H and O–H groups in total. The van der Waals surface area contributed by atoms with Crippen LogP contribution in [-0.2, 0) is 16.8 Å². The van der Waals surface area contributed by atoms with Crippen molar-refractivity contribution in [2.45, 2.75) is 25.3 Å². The fourth-order valence-corrected chi connectivity index (χ4v) is 1.93. The second-order valence-electron chi connectivity index (χ2n) is 3.89. The zero-order valence-electron chi connectivity index (χ0n) is 8.31. The Morgan fingerprint density at radius 2 is 2.13 bits per heavy atom. The van der Waals surface area contributed by atoms with Crippen LogP contribution in [0, 0.1) is 0 Å². The summed E-state index contributed by atoms with van der Waals surface area (Å²) in [6.07, 6.45) is 2.48. The summed E-state index contributed by atoms with van der Waals surface area (Å²) in [4.78, 5) is 0. The van der Waals surface area contributed by atoms with E-state index in [0.717, 1.165) is 5.56 Å². The van der Waals surface area contributed by atoms with Gasteiger partial charge in [-0.1, -0.05) is 24.3 Å². The second-order valence-corrected chi connectivity index (χ2v) is 5.26. The molecule has 0 unspecified atom stereocenters. The van der Waals surface area contributed by atoms with Gasteiger partial charge in [-0.15, -0.1) is 0 Å². The third kappa shape index (κ3) is 3.30. The molecule has 1 fully saturated rings. The average molecular weight is 226 g/mol. The molecule has 0 heterocycles. The van der Waals surface area contributed by atoms with Crippen LogP contribution in [0.15, 0.2) is 24.3 Å². The third-order valence-corrected chi connectivity index (χ3v) is 3.02. The average Bonchev–Trinajstić information content (AvgIpc) is 2.97. The molecular formula is C10H14N2O2S. The molecule has 1 saturated carbocycles. The zero-order valence-corrected chi connectivity index (χ0v) is 9.13. The van der Waals surface area contributed by atoms with Crippen molar-refractivity contribution >= 4 is 10.2 Å². The van der Waals surface area contributed by atoms with E-state index in [2.05, 4.69) is 10.8 Å². The number of nitrogens with one attached hydrogen (secondary N) is 1. The summed E-state index contributed by atoms with van der Waals surface area (Å²) < 4.78 is 23.7. The smallest absolute Gasteiger partial charge is 0.216 e. The van der Waals surface area contributed by atoms with Crippen molar-refractivity contribution < 1.29 is 8.42 Å². The highest BCUT2D eigenvalue weighted by Crippen LogP contribution is 2.40. The van der Waals surface area contributed by atoms with E-state index in [1.54, 1.807) is 0 Å². The van der Waals surface area contributed by atoms with E-state index in [1.165, 1.54) is 18.4 Å². The Balaban J connectivity index is 2.05. The third-order valence-electron chi connectivity index (χ3n) is 2.48. The van der Waals surface area contributed by atoms with Gasteiger partial charge in [0, 0.05) is 6.54 Å². The summed E-state index contributed by atoms with van der Waals surface area (Å²) in [5.74, 6) is 0.680. The van der Waals surface area contributed by atoms with Crippen LogP contribution in [0.4, 0.5) is 0 Å². The van der Waals surface area contributed by atoms with Gasteiger partial charge in [0.25, 0.3) is 10.2 Å². The Kier molecular flexibility index (Phi) is 2.77. The standard InChI is InChI=1S/C10H14N2O2S/c11-15(13,14)12-7-8-2-1-3-10(6-8)9-4-5-9/h1-3,6,9,12H,4-5,7H2,(H2,11,13,14). The topological polar surface area (TPSA) is 72.2 Å². The van der Waals surface area contributed by atoms with Crippen LogP contribution in [0.3, 0.4) is 0 Å². The molecule has 0 aromatic heterocycles. The molecule has 0 radical (unpaired) electrons. The molecule has 0 amide bonds. The van der Waals surface area contributed by atoms with E-state index in [9.17, 15) is 8.42 Å². The van der Waals surface area contributed by atoms with Crippen LogP contribution in [0.2, 0.25) is 0 Å². The van der Waals surface area contributed by atoms with E-state index >= 15 is 0 Å². The first-order valence-electron chi connectivity index (χ1n) is 4.91. The maximum absolute atomic E-state index is 10.7. The Labute approximate surface area is 89.7 Å². The van der Waals surface area contributed by atoms with Crippen LogP contribution in [-0.4, -0.2) is 8.42 Å². The lowest BCUT2D eigenvalue weighted by atomic mass is 10.1. The molecule has 1 aliphatic carbocycles. The van der Waals surface area contributed by atoms with Crippen molar-refractivity contribution in [3.05, 3.63) is 35.4 Å². The van der Waals surface area contributed by atoms with E-state index in [1.807, 2.05) is 18.2 Å². The first-order chi connectivity index (χ1) is 7.04. The maximum atomic E-state index is 10.7. The molecule has 1 aliphatic rings. The van der Waals surface area contributed by atoms with Gasteiger partial charge in [-0.3, -0.25) is 0 Å². The maximum Gasteiger partial charge on any atom is 0.274 e. The Bertz CT molecular complexity index is 452. The predicted molar refractivity (Wildman–Crippen MR) is 58.4 cm³/mol. The van der Waals surface area contributed by atoms with Crippen molar-refractivity contribution in [1.29, 1.82) is 0 Å². The lowest BCUT2D eigenvalue weighted by Crippen LogP contribution is -2.30. The van der Waals surface area contributed by atoms with Gasteiger partial charge < -0.3 is 0 Å². The van der Waals surface area contributed by atoms with Gasteiger partial charge in [0.05, 0.1) is 0 Å². The molecule has 0 aliphatic heterocycles. The van der Waals surface area contributed by atoms with Crippen molar-refractivity contribution in [3.8, 4) is 0 Å². The minimum Gasteiger partial charge on any atom is -0.216 e. The highest BCUT2D eigenvalue weighted by Gasteiger charge is 2.23. The molecule has 1 aromatic rings. The first kappa shape index (κ1) is 10.6. The van der Waals surface area contributed by atoms with Gasteiger partial charge in [0.1, 0.15) is 0 Å². The van der Waals surface area contributed by atoms with Gasteiger partial charge >= 0.3 is 0 Å². The summed E-state index contributed by atoms with van der Waals surface area (Å²) in [6, 6.07) is 7.96. The number of hydrogen-bond acceptors (Lipinski definition) is 2. The second kappa shape index (κ2) is 3.92. The van der Waals surface area contributed by atoms with Crippen LogP contribution in [0.1, 0.15) is 29.9 Å². The molecular weight excluding hydrogens is 212 g/mol. The van der Waals surface area contributed by atoms with Crippen molar-refractivity contribution in [2.24, 2.45) is 5.14 Å². The SMILES string of the molecule is NS(=O)(=O)NCc1cccc(C2CC2)c1. The van der Waals surface area contributed by atoms with Crippen molar-refractivity contribution in [3.63, 3.8) is 0 Å². The summed E-state index contributed by atoms with van der Waals surface area (Å²) in [6.45, 7) is 0.263. The molecule has 1 aromatic carbocycles. The molecule has 2 rings (SSSR count). The fraction of sp³-hybridized carbons (Fsp3) is 0.400. The van der Waals surface area contributed by atoms with Crippen LogP contribution >= 0.6 is 0 Å². The molecule has 5 heteroatoms. The van der Waals surface area contributed by atoms with Gasteiger partial charge in [-0.25, -0.2) is 5.14 Å². The number of hydrogen-bond donors (Lipinski definition) is 2. The zero-order chi connectivity index (χ0) is 10.9. The molecule has 15 heavy (non-hydrogen) atoms. The first-order valence-corrected chi connectivity index (χ1v) is 6.45. The van der Waals surface area contributed by atoms with Gasteiger partial charge in [0.15, 0.2) is 0 Å². The van der Waals surface area contributed by atoms with Crippen LogP contribution in [0.5, 0.6) is 0 Å². The van der Waals surface area contributed by atoms with Gasteiger partial charge in [-0.05, 0) is 29.9 Å². The van der Waals surface area contributed by atoms with Gasteiger partial charge in [0.2, 0.25) is 0 Å². The van der Waals surface area contributed by atoms with Crippen molar-refractivity contribution in [1.82, 2.24) is 4.72 Å². The Hall–Kier alpha value is -0.910. The lowest BCUT2D eigenvalue weighted by molar-refractivity contribution is 0.583. The minimum atomic E-state index is -3.59. The molecule has 0 bridgehead atoms. The number of benzene rings is 1. The van der Waals surface area contributed by atoms with E-state index < -0.39 is 10.2 Å². The number of nitrogens with two attached hydrogens (primary N) is 1. The Morgan fingerprint density at radius 1 is 1.40 bits per heavy atom. The Morgan fingerprint density at radius 3 is 2.73 bits per heavy atom. The molecule has 4 nitrogen and oxygen atoms in total. The minimum absolute atomic E-state index is 0.263. The quantitative estimate of drug-likeness (QED) is 0.799. The number of rotatable bonds is 4. The highest BCUT2D eigenvalue weighted by molar-refractivity contribution is 7.87. The van der Waals surface area contributed by atoms with E-state index in [0.29, 0.717) is 5.92 Å². The largest absolute Gasteiger partial charge is 0.274 e. The van der Waals surface area contributed by atoms with Crippen molar-refractivity contribution in [2.75, 3.05) is 0 Å². The normalized spacial score (nSPS) is 16.6. The van der Waals surface area contributed by atoms with E-state index in [-0.39, 0.29) is 6.54 Å². The highest BCUT2D eigenvalue weighted by atomic mass is 32.2.